The minimum Gasteiger partial charge on any atom is -0.495 e. The molecule has 1 atom stereocenters. The van der Waals surface area contributed by atoms with E-state index in [1.54, 1.807) is 25.1 Å². The van der Waals surface area contributed by atoms with Gasteiger partial charge in [-0.1, -0.05) is 48.9 Å². The molecule has 4 aromatic rings. The van der Waals surface area contributed by atoms with E-state index in [0.29, 0.717) is 27.4 Å². The Balaban J connectivity index is 1.79. The molecule has 0 aliphatic heterocycles. The highest BCUT2D eigenvalue weighted by molar-refractivity contribution is 6.31. The molecule has 0 unspecified atom stereocenters. The van der Waals surface area contributed by atoms with E-state index >= 15 is 0 Å². The Kier molecular flexibility index (Phi) is 8.81. The minimum absolute atomic E-state index is 0.0809. The third kappa shape index (κ3) is 6.30. The van der Waals surface area contributed by atoms with Gasteiger partial charge >= 0.3 is 5.97 Å². The van der Waals surface area contributed by atoms with Crippen molar-refractivity contribution >= 4 is 34.9 Å². The molecule has 9 heteroatoms. The number of carboxylic acid groups (broad SMARTS) is 1. The third-order valence-electron chi connectivity index (χ3n) is 6.47. The Morgan fingerprint density at radius 3 is 2.30 bits per heavy atom. The monoisotopic (exact) mass is 558 g/mol. The maximum absolute atomic E-state index is 13.6. The number of carboxylic acids is 1. The topological polar surface area (TPSA) is 115 Å². The SMILES string of the molecule is CCC(=O)c1ccc(Cl)cc1-c1cc(=O)n([C@@H](Cc2ccccc2)C(=O)Nc2ccc(C(=O)O)cc2)cc1OC. The van der Waals surface area contributed by atoms with Gasteiger partial charge in [0, 0.05) is 40.7 Å². The number of rotatable bonds is 10. The number of benzene rings is 3. The van der Waals surface area contributed by atoms with Crippen LogP contribution in [-0.2, 0) is 11.2 Å². The standard InChI is InChI=1S/C31H27ClN2O6/c1-3-27(35)23-14-11-21(32)16-24(23)25-17-29(36)34(18-28(25)40-2)26(15-19-7-5-4-6-8-19)30(37)33-22-12-9-20(10-13-22)31(38)39/h4-14,16-18,26H,3,15H2,1-2H3,(H,33,37)(H,38,39)/t26-/m0/s1. The van der Waals surface area contributed by atoms with Gasteiger partial charge in [0.15, 0.2) is 5.78 Å². The zero-order valence-electron chi connectivity index (χ0n) is 21.9. The lowest BCUT2D eigenvalue weighted by molar-refractivity contribution is -0.119. The number of methoxy groups -OCH3 is 1. The van der Waals surface area contributed by atoms with E-state index in [0.717, 1.165) is 5.56 Å². The summed E-state index contributed by atoms with van der Waals surface area (Å²) in [4.78, 5) is 51.0. The summed E-state index contributed by atoms with van der Waals surface area (Å²) in [6.07, 6.45) is 1.92. The molecule has 0 aliphatic carbocycles. The van der Waals surface area contributed by atoms with Gasteiger partial charge < -0.3 is 15.2 Å². The average Bonchev–Trinajstić information content (AvgIpc) is 2.96. The average molecular weight is 559 g/mol. The summed E-state index contributed by atoms with van der Waals surface area (Å²) in [7, 11) is 1.44. The van der Waals surface area contributed by atoms with Gasteiger partial charge in [-0.2, -0.15) is 0 Å². The number of halogens is 1. The summed E-state index contributed by atoms with van der Waals surface area (Å²) >= 11 is 6.25. The Hall–Kier alpha value is -4.69. The van der Waals surface area contributed by atoms with Crippen LogP contribution in [0.5, 0.6) is 5.75 Å². The van der Waals surface area contributed by atoms with Crippen molar-refractivity contribution in [1.29, 1.82) is 0 Å². The Labute approximate surface area is 235 Å². The molecule has 0 fully saturated rings. The number of ether oxygens (including phenoxy) is 1. The largest absolute Gasteiger partial charge is 0.495 e. The molecule has 2 N–H and O–H groups in total. The number of Topliss-reactive ketones (excluding diaryl/α,β-unsaturated/α-hetero) is 1. The quantitative estimate of drug-likeness (QED) is 0.235. The molecule has 4 rings (SSSR count). The fourth-order valence-corrected chi connectivity index (χ4v) is 4.57. The van der Waals surface area contributed by atoms with Crippen molar-refractivity contribution in [2.75, 3.05) is 12.4 Å². The van der Waals surface area contributed by atoms with E-state index < -0.39 is 23.5 Å². The van der Waals surface area contributed by atoms with Crippen LogP contribution < -0.4 is 15.6 Å². The number of anilines is 1. The van der Waals surface area contributed by atoms with Gasteiger partial charge in [-0.25, -0.2) is 4.79 Å². The lowest BCUT2D eigenvalue weighted by Crippen LogP contribution is -2.34. The van der Waals surface area contributed by atoms with E-state index in [-0.39, 0.29) is 29.9 Å². The lowest BCUT2D eigenvalue weighted by Gasteiger charge is -2.22. The third-order valence-corrected chi connectivity index (χ3v) is 6.70. The van der Waals surface area contributed by atoms with Gasteiger partial charge in [0.05, 0.1) is 18.9 Å². The van der Waals surface area contributed by atoms with Crippen LogP contribution in [0.3, 0.4) is 0 Å². The lowest BCUT2D eigenvalue weighted by atomic mass is 9.95. The minimum atomic E-state index is -1.08. The molecule has 0 aliphatic rings. The molecule has 0 bridgehead atoms. The molecule has 0 radical (unpaired) electrons. The fraction of sp³-hybridized carbons (Fsp3) is 0.161. The van der Waals surface area contributed by atoms with E-state index in [1.807, 2.05) is 30.3 Å². The van der Waals surface area contributed by atoms with Crippen LogP contribution in [0.15, 0.2) is 89.9 Å². The highest BCUT2D eigenvalue weighted by Crippen LogP contribution is 2.34. The Bertz CT molecular complexity index is 1610. The number of carbonyl (C=O) groups is 3. The first-order valence-electron chi connectivity index (χ1n) is 12.5. The summed E-state index contributed by atoms with van der Waals surface area (Å²) in [5.41, 5.74) is 2.05. The number of nitrogens with zero attached hydrogens (tertiary/aromatic N) is 1. The second-order valence-electron chi connectivity index (χ2n) is 9.04. The maximum atomic E-state index is 13.6. The van der Waals surface area contributed by atoms with E-state index in [1.165, 1.54) is 48.2 Å². The van der Waals surface area contributed by atoms with Crippen LogP contribution in [0.4, 0.5) is 5.69 Å². The maximum Gasteiger partial charge on any atom is 0.335 e. The summed E-state index contributed by atoms with van der Waals surface area (Å²) < 4.78 is 6.93. The van der Waals surface area contributed by atoms with Crippen molar-refractivity contribution in [3.8, 4) is 16.9 Å². The van der Waals surface area contributed by atoms with Crippen LogP contribution >= 0.6 is 11.6 Å². The van der Waals surface area contributed by atoms with Crippen LogP contribution in [0.2, 0.25) is 5.02 Å². The number of hydrogen-bond donors (Lipinski definition) is 2. The molecule has 1 amide bonds. The van der Waals surface area contributed by atoms with Gasteiger partial charge in [0.1, 0.15) is 11.8 Å². The van der Waals surface area contributed by atoms with E-state index in [4.69, 9.17) is 21.4 Å². The Morgan fingerprint density at radius 1 is 0.975 bits per heavy atom. The van der Waals surface area contributed by atoms with Gasteiger partial charge in [-0.3, -0.25) is 19.0 Å². The molecule has 1 heterocycles. The van der Waals surface area contributed by atoms with Gasteiger partial charge in [0.25, 0.3) is 5.56 Å². The highest BCUT2D eigenvalue weighted by Gasteiger charge is 2.25. The number of aromatic nitrogens is 1. The smallest absolute Gasteiger partial charge is 0.335 e. The predicted octanol–water partition coefficient (Wildman–Crippen LogP) is 5.89. The molecule has 0 saturated carbocycles. The van der Waals surface area contributed by atoms with E-state index in [2.05, 4.69) is 5.32 Å². The zero-order valence-corrected chi connectivity index (χ0v) is 22.6. The molecule has 40 heavy (non-hydrogen) atoms. The summed E-state index contributed by atoms with van der Waals surface area (Å²) in [5, 5.41) is 12.3. The normalized spacial score (nSPS) is 11.5. The van der Waals surface area contributed by atoms with Crippen molar-refractivity contribution in [2.24, 2.45) is 0 Å². The second kappa shape index (κ2) is 12.4. The fourth-order valence-electron chi connectivity index (χ4n) is 4.39. The van der Waals surface area contributed by atoms with Gasteiger partial charge in [-0.15, -0.1) is 0 Å². The van der Waals surface area contributed by atoms with E-state index in [9.17, 15) is 19.2 Å². The van der Waals surface area contributed by atoms with Gasteiger partial charge in [0.2, 0.25) is 5.91 Å². The molecule has 8 nitrogen and oxygen atoms in total. The van der Waals surface area contributed by atoms with Crippen molar-refractivity contribution in [3.05, 3.63) is 117 Å². The summed E-state index contributed by atoms with van der Waals surface area (Å²) in [6, 6.07) is 20.2. The highest BCUT2D eigenvalue weighted by atomic mass is 35.5. The number of hydrogen-bond acceptors (Lipinski definition) is 5. The number of ketones is 1. The number of nitrogens with one attached hydrogen (secondary N) is 1. The first-order valence-corrected chi connectivity index (χ1v) is 12.9. The molecular formula is C31H27ClN2O6. The van der Waals surface area contributed by atoms with Crippen LogP contribution in [-0.4, -0.2) is 34.4 Å². The molecule has 1 aromatic heterocycles. The predicted molar refractivity (Wildman–Crippen MR) is 154 cm³/mol. The first kappa shape index (κ1) is 28.3. The molecule has 3 aromatic carbocycles. The van der Waals surface area contributed by atoms with Crippen molar-refractivity contribution < 1.29 is 24.2 Å². The number of amides is 1. The van der Waals surface area contributed by atoms with Crippen molar-refractivity contribution in [3.63, 3.8) is 0 Å². The molecule has 204 valence electrons. The number of carbonyl (C=O) groups excluding carboxylic acids is 2. The van der Waals surface area contributed by atoms with Crippen molar-refractivity contribution in [2.45, 2.75) is 25.8 Å². The van der Waals surface area contributed by atoms with Crippen LogP contribution in [0.1, 0.15) is 45.7 Å². The zero-order chi connectivity index (χ0) is 28.8. The molecular weight excluding hydrogens is 532 g/mol. The summed E-state index contributed by atoms with van der Waals surface area (Å²) in [6.45, 7) is 1.75. The molecule has 0 spiro atoms. The number of aromatic carboxylic acids is 1. The van der Waals surface area contributed by atoms with Crippen LogP contribution in [0, 0.1) is 0 Å². The first-order chi connectivity index (χ1) is 19.2. The van der Waals surface area contributed by atoms with Gasteiger partial charge in [-0.05, 0) is 53.6 Å². The van der Waals surface area contributed by atoms with Crippen LogP contribution in [0.25, 0.3) is 11.1 Å². The summed E-state index contributed by atoms with van der Waals surface area (Å²) in [5.74, 6) is -1.40. The molecule has 0 saturated heterocycles. The Morgan fingerprint density at radius 2 is 1.68 bits per heavy atom. The van der Waals surface area contributed by atoms with Crippen molar-refractivity contribution in [1.82, 2.24) is 4.57 Å². The number of pyridine rings is 1. The second-order valence-corrected chi connectivity index (χ2v) is 9.48.